The average Bonchev–Trinajstić information content (AvgIpc) is 2.19. The molecule has 0 bridgehead atoms. The summed E-state index contributed by atoms with van der Waals surface area (Å²) in [5, 5.41) is 7.92. The molecule has 2 rings (SSSR count). The van der Waals surface area contributed by atoms with Crippen molar-refractivity contribution >= 4 is 23.0 Å². The van der Waals surface area contributed by atoms with Gasteiger partial charge in [-0.3, -0.25) is 5.43 Å². The topological polar surface area (TPSA) is 36.4 Å². The van der Waals surface area contributed by atoms with E-state index in [1.165, 1.54) is 0 Å². The molecule has 1 aromatic carbocycles. The zero-order chi connectivity index (χ0) is 9.97. The van der Waals surface area contributed by atoms with Gasteiger partial charge < -0.3 is 5.32 Å². The standard InChI is InChI=1S/C10H11N3S/c1-7-9(12-13-10(14)11-7)8-5-3-2-4-6-8/h2-7H,1H3,(H2,11,13,14). The predicted molar refractivity (Wildman–Crippen MR) is 61.3 cm³/mol. The Balaban J connectivity index is 2.31. The van der Waals surface area contributed by atoms with Crippen molar-refractivity contribution in [2.24, 2.45) is 5.10 Å². The Kier molecular flexibility index (Phi) is 2.45. The largest absolute Gasteiger partial charge is 0.353 e. The van der Waals surface area contributed by atoms with Gasteiger partial charge in [0.05, 0.1) is 11.8 Å². The number of benzene rings is 1. The number of hydrazone groups is 1. The van der Waals surface area contributed by atoms with Crippen LogP contribution in [0.3, 0.4) is 0 Å². The van der Waals surface area contributed by atoms with Crippen LogP contribution in [0, 0.1) is 0 Å². The van der Waals surface area contributed by atoms with Crippen molar-refractivity contribution in [3.05, 3.63) is 35.9 Å². The molecule has 3 nitrogen and oxygen atoms in total. The van der Waals surface area contributed by atoms with Gasteiger partial charge >= 0.3 is 0 Å². The molecule has 2 N–H and O–H groups in total. The van der Waals surface area contributed by atoms with E-state index in [9.17, 15) is 0 Å². The van der Waals surface area contributed by atoms with Gasteiger partial charge in [0, 0.05) is 0 Å². The average molecular weight is 205 g/mol. The number of hydrogen-bond donors (Lipinski definition) is 2. The number of hydrogen-bond acceptors (Lipinski definition) is 2. The summed E-state index contributed by atoms with van der Waals surface area (Å²) in [6.45, 7) is 2.04. The van der Waals surface area contributed by atoms with E-state index in [2.05, 4.69) is 15.8 Å². The fourth-order valence-corrected chi connectivity index (χ4v) is 1.65. The Bertz CT molecular complexity index is 372. The van der Waals surface area contributed by atoms with Gasteiger partial charge in [-0.15, -0.1) is 0 Å². The number of thiocarbonyl (C=S) groups is 1. The van der Waals surface area contributed by atoms with Crippen molar-refractivity contribution < 1.29 is 0 Å². The lowest BCUT2D eigenvalue weighted by Gasteiger charge is -2.22. The van der Waals surface area contributed by atoms with E-state index in [-0.39, 0.29) is 6.04 Å². The highest BCUT2D eigenvalue weighted by Gasteiger charge is 2.17. The molecular formula is C10H11N3S. The third-order valence-corrected chi connectivity index (χ3v) is 2.31. The van der Waals surface area contributed by atoms with E-state index >= 15 is 0 Å². The maximum Gasteiger partial charge on any atom is 0.187 e. The van der Waals surface area contributed by atoms with Gasteiger partial charge in [-0.25, -0.2) is 0 Å². The molecule has 0 aromatic heterocycles. The van der Waals surface area contributed by atoms with Gasteiger partial charge in [-0.2, -0.15) is 5.10 Å². The summed E-state index contributed by atoms with van der Waals surface area (Å²) in [6, 6.07) is 10.2. The first kappa shape index (κ1) is 9.15. The molecule has 0 saturated carbocycles. The first-order chi connectivity index (χ1) is 6.77. The maximum absolute atomic E-state index is 4.96. The van der Waals surface area contributed by atoms with Gasteiger partial charge in [0.1, 0.15) is 0 Å². The molecular weight excluding hydrogens is 194 g/mol. The summed E-state index contributed by atoms with van der Waals surface area (Å²) in [6.07, 6.45) is 0. The minimum absolute atomic E-state index is 0.158. The molecule has 0 spiro atoms. The summed E-state index contributed by atoms with van der Waals surface area (Å²) in [7, 11) is 0. The Labute approximate surface area is 88.2 Å². The number of rotatable bonds is 1. The van der Waals surface area contributed by atoms with E-state index in [1.807, 2.05) is 37.3 Å². The molecule has 0 radical (unpaired) electrons. The van der Waals surface area contributed by atoms with Crippen LogP contribution in [0.1, 0.15) is 12.5 Å². The quantitative estimate of drug-likeness (QED) is 0.678. The van der Waals surface area contributed by atoms with Crippen LogP contribution in [-0.4, -0.2) is 16.9 Å². The molecule has 72 valence electrons. The van der Waals surface area contributed by atoms with Gasteiger partial charge in [0.25, 0.3) is 0 Å². The second-order valence-electron chi connectivity index (χ2n) is 3.17. The van der Waals surface area contributed by atoms with Crippen LogP contribution < -0.4 is 10.7 Å². The van der Waals surface area contributed by atoms with Gasteiger partial charge in [-0.1, -0.05) is 30.3 Å². The monoisotopic (exact) mass is 205 g/mol. The van der Waals surface area contributed by atoms with Crippen LogP contribution in [0.25, 0.3) is 0 Å². The Morgan fingerprint density at radius 1 is 1.29 bits per heavy atom. The van der Waals surface area contributed by atoms with Crippen molar-refractivity contribution in [3.63, 3.8) is 0 Å². The van der Waals surface area contributed by atoms with Crippen LogP contribution in [0.4, 0.5) is 0 Å². The van der Waals surface area contributed by atoms with E-state index in [0.29, 0.717) is 5.11 Å². The van der Waals surface area contributed by atoms with Crippen molar-refractivity contribution in [3.8, 4) is 0 Å². The zero-order valence-corrected chi connectivity index (χ0v) is 8.64. The Hall–Kier alpha value is -1.42. The maximum atomic E-state index is 4.96. The predicted octanol–water partition coefficient (Wildman–Crippen LogP) is 1.26. The van der Waals surface area contributed by atoms with Crippen LogP contribution in [0.5, 0.6) is 0 Å². The fourth-order valence-electron chi connectivity index (χ4n) is 1.43. The highest BCUT2D eigenvalue weighted by atomic mass is 32.1. The van der Waals surface area contributed by atoms with Crippen molar-refractivity contribution in [2.45, 2.75) is 13.0 Å². The lowest BCUT2D eigenvalue weighted by molar-refractivity contribution is 0.771. The van der Waals surface area contributed by atoms with Crippen LogP contribution >= 0.6 is 12.2 Å². The van der Waals surface area contributed by atoms with Crippen LogP contribution in [0.2, 0.25) is 0 Å². The normalized spacial score (nSPS) is 20.8. The van der Waals surface area contributed by atoms with Crippen LogP contribution in [-0.2, 0) is 0 Å². The third kappa shape index (κ3) is 1.75. The summed E-state index contributed by atoms with van der Waals surface area (Å²) < 4.78 is 0. The van der Waals surface area contributed by atoms with Crippen molar-refractivity contribution in [1.29, 1.82) is 0 Å². The first-order valence-electron chi connectivity index (χ1n) is 4.47. The minimum Gasteiger partial charge on any atom is -0.353 e. The molecule has 0 fully saturated rings. The second kappa shape index (κ2) is 3.75. The first-order valence-corrected chi connectivity index (χ1v) is 4.87. The van der Waals surface area contributed by atoms with Crippen molar-refractivity contribution in [2.75, 3.05) is 0 Å². The lowest BCUT2D eigenvalue weighted by Crippen LogP contribution is -2.48. The molecule has 1 heterocycles. The Morgan fingerprint density at radius 3 is 2.64 bits per heavy atom. The summed E-state index contributed by atoms with van der Waals surface area (Å²) >= 11 is 4.96. The highest BCUT2D eigenvalue weighted by molar-refractivity contribution is 7.80. The number of nitrogens with zero attached hydrogens (tertiary/aromatic N) is 1. The van der Waals surface area contributed by atoms with Gasteiger partial charge in [0.2, 0.25) is 0 Å². The smallest absolute Gasteiger partial charge is 0.187 e. The Morgan fingerprint density at radius 2 is 2.00 bits per heavy atom. The summed E-state index contributed by atoms with van der Waals surface area (Å²) in [5.41, 5.74) is 4.87. The fraction of sp³-hybridized carbons (Fsp3) is 0.200. The second-order valence-corrected chi connectivity index (χ2v) is 3.58. The summed E-state index contributed by atoms with van der Waals surface area (Å²) in [5.74, 6) is 0. The van der Waals surface area contributed by atoms with E-state index < -0.39 is 0 Å². The molecule has 1 aliphatic heterocycles. The lowest BCUT2D eigenvalue weighted by atomic mass is 10.0. The van der Waals surface area contributed by atoms with E-state index in [1.54, 1.807) is 0 Å². The summed E-state index contributed by atoms with van der Waals surface area (Å²) in [4.78, 5) is 0. The molecule has 4 heteroatoms. The molecule has 0 aliphatic carbocycles. The third-order valence-electron chi connectivity index (χ3n) is 2.11. The molecule has 14 heavy (non-hydrogen) atoms. The molecule has 0 amide bonds. The molecule has 1 aliphatic rings. The van der Waals surface area contributed by atoms with E-state index in [4.69, 9.17) is 12.2 Å². The SMILES string of the molecule is CC1NC(=S)NN=C1c1ccccc1. The highest BCUT2D eigenvalue weighted by Crippen LogP contribution is 2.06. The molecule has 0 saturated heterocycles. The van der Waals surface area contributed by atoms with E-state index in [0.717, 1.165) is 11.3 Å². The van der Waals surface area contributed by atoms with Crippen LogP contribution in [0.15, 0.2) is 35.4 Å². The molecule has 1 aromatic rings. The van der Waals surface area contributed by atoms with Gasteiger partial charge in [-0.05, 0) is 24.7 Å². The van der Waals surface area contributed by atoms with Crippen molar-refractivity contribution in [1.82, 2.24) is 10.7 Å². The number of nitrogens with one attached hydrogen (secondary N) is 2. The zero-order valence-electron chi connectivity index (χ0n) is 7.82. The molecule has 1 atom stereocenters. The minimum atomic E-state index is 0.158. The van der Waals surface area contributed by atoms with Gasteiger partial charge in [0.15, 0.2) is 5.11 Å². The molecule has 1 unspecified atom stereocenters.